The highest BCUT2D eigenvalue weighted by atomic mass is 19.2. The number of amides is 1. The van der Waals surface area contributed by atoms with Gasteiger partial charge in [0.05, 0.1) is 0 Å². The van der Waals surface area contributed by atoms with E-state index in [0.717, 1.165) is 6.07 Å². The van der Waals surface area contributed by atoms with Crippen LogP contribution >= 0.6 is 0 Å². The predicted octanol–water partition coefficient (Wildman–Crippen LogP) is 1.75. The summed E-state index contributed by atoms with van der Waals surface area (Å²) in [5, 5.41) is 2.65. The standard InChI is InChI=1S/C13H18F2N2O/c1-13(2,16)8-17-11(18)7-6-9-4-3-5-10(14)12(9)15/h3-5H,6-8,16H2,1-2H3,(H,17,18). The molecule has 0 aliphatic rings. The number of hydrogen-bond donors (Lipinski definition) is 2. The fourth-order valence-electron chi connectivity index (χ4n) is 1.40. The molecule has 0 unspecified atom stereocenters. The molecule has 3 nitrogen and oxygen atoms in total. The molecule has 0 heterocycles. The average Bonchev–Trinajstić information content (AvgIpc) is 2.27. The minimum atomic E-state index is -0.893. The van der Waals surface area contributed by atoms with Gasteiger partial charge in [-0.05, 0) is 31.9 Å². The Bertz CT molecular complexity index is 427. The normalized spacial score (nSPS) is 11.4. The number of rotatable bonds is 5. The van der Waals surface area contributed by atoms with E-state index >= 15 is 0 Å². The van der Waals surface area contributed by atoms with E-state index in [1.54, 1.807) is 13.8 Å². The summed E-state index contributed by atoms with van der Waals surface area (Å²) in [4.78, 5) is 11.5. The highest BCUT2D eigenvalue weighted by molar-refractivity contribution is 5.76. The van der Waals surface area contributed by atoms with Gasteiger partial charge in [-0.1, -0.05) is 12.1 Å². The Morgan fingerprint density at radius 3 is 2.67 bits per heavy atom. The van der Waals surface area contributed by atoms with Gasteiger partial charge in [-0.2, -0.15) is 0 Å². The van der Waals surface area contributed by atoms with Crippen LogP contribution in [0, 0.1) is 11.6 Å². The highest BCUT2D eigenvalue weighted by Gasteiger charge is 2.13. The van der Waals surface area contributed by atoms with Crippen LogP contribution in [-0.2, 0) is 11.2 Å². The van der Waals surface area contributed by atoms with E-state index in [-0.39, 0.29) is 24.3 Å². The van der Waals surface area contributed by atoms with Gasteiger partial charge in [-0.25, -0.2) is 8.78 Å². The lowest BCUT2D eigenvalue weighted by Crippen LogP contribution is -2.45. The largest absolute Gasteiger partial charge is 0.354 e. The summed E-state index contributed by atoms with van der Waals surface area (Å²) < 4.78 is 26.2. The van der Waals surface area contributed by atoms with Crippen LogP contribution in [0.3, 0.4) is 0 Å². The van der Waals surface area contributed by atoms with Gasteiger partial charge in [0.2, 0.25) is 5.91 Å². The zero-order valence-electron chi connectivity index (χ0n) is 10.6. The first kappa shape index (κ1) is 14.6. The second-order valence-electron chi connectivity index (χ2n) is 4.98. The third kappa shape index (κ3) is 4.79. The maximum absolute atomic E-state index is 13.3. The van der Waals surface area contributed by atoms with Gasteiger partial charge in [0.25, 0.3) is 0 Å². The van der Waals surface area contributed by atoms with Crippen LogP contribution in [-0.4, -0.2) is 18.0 Å². The van der Waals surface area contributed by atoms with Gasteiger partial charge >= 0.3 is 0 Å². The second-order valence-corrected chi connectivity index (χ2v) is 4.98. The molecule has 0 saturated heterocycles. The summed E-state index contributed by atoms with van der Waals surface area (Å²) in [5.74, 6) is -2.00. The quantitative estimate of drug-likeness (QED) is 0.843. The van der Waals surface area contributed by atoms with Crippen molar-refractivity contribution < 1.29 is 13.6 Å². The van der Waals surface area contributed by atoms with Gasteiger partial charge in [0, 0.05) is 18.5 Å². The molecular weight excluding hydrogens is 238 g/mol. The van der Waals surface area contributed by atoms with Crippen LogP contribution < -0.4 is 11.1 Å². The molecule has 1 aromatic carbocycles. The monoisotopic (exact) mass is 256 g/mol. The number of hydrogen-bond acceptors (Lipinski definition) is 2. The van der Waals surface area contributed by atoms with Crippen molar-refractivity contribution in [3.63, 3.8) is 0 Å². The lowest BCUT2D eigenvalue weighted by molar-refractivity contribution is -0.121. The summed E-state index contributed by atoms with van der Waals surface area (Å²) in [6.45, 7) is 3.93. The van der Waals surface area contributed by atoms with Crippen LogP contribution in [0.2, 0.25) is 0 Å². The Morgan fingerprint density at radius 2 is 2.06 bits per heavy atom. The van der Waals surface area contributed by atoms with E-state index in [4.69, 9.17) is 5.73 Å². The van der Waals surface area contributed by atoms with Crippen LogP contribution in [0.5, 0.6) is 0 Å². The zero-order valence-corrected chi connectivity index (χ0v) is 10.6. The van der Waals surface area contributed by atoms with Crippen molar-refractivity contribution in [2.24, 2.45) is 5.73 Å². The predicted molar refractivity (Wildman–Crippen MR) is 66.0 cm³/mol. The SMILES string of the molecule is CC(C)(N)CNC(=O)CCc1cccc(F)c1F. The van der Waals surface area contributed by atoms with Gasteiger partial charge < -0.3 is 11.1 Å². The molecule has 0 saturated carbocycles. The molecule has 1 rings (SSSR count). The smallest absolute Gasteiger partial charge is 0.220 e. The fraction of sp³-hybridized carbons (Fsp3) is 0.462. The molecule has 0 atom stereocenters. The molecule has 0 aliphatic heterocycles. The van der Waals surface area contributed by atoms with Crippen molar-refractivity contribution in [1.82, 2.24) is 5.32 Å². The summed E-state index contributed by atoms with van der Waals surface area (Å²) in [7, 11) is 0. The molecule has 1 aromatic rings. The van der Waals surface area contributed by atoms with Gasteiger partial charge in [0.15, 0.2) is 11.6 Å². The summed E-state index contributed by atoms with van der Waals surface area (Å²) in [5.41, 5.74) is 5.43. The molecule has 100 valence electrons. The van der Waals surface area contributed by atoms with Crippen LogP contribution in [0.25, 0.3) is 0 Å². The molecule has 0 fully saturated rings. The number of aryl methyl sites for hydroxylation is 1. The van der Waals surface area contributed by atoms with Gasteiger partial charge in [-0.15, -0.1) is 0 Å². The van der Waals surface area contributed by atoms with Crippen molar-refractivity contribution in [3.05, 3.63) is 35.4 Å². The van der Waals surface area contributed by atoms with E-state index in [0.29, 0.717) is 6.54 Å². The first-order chi connectivity index (χ1) is 8.29. The molecule has 3 N–H and O–H groups in total. The molecule has 5 heteroatoms. The Morgan fingerprint density at radius 1 is 1.39 bits per heavy atom. The molecular formula is C13H18F2N2O. The topological polar surface area (TPSA) is 55.1 Å². The molecule has 18 heavy (non-hydrogen) atoms. The fourth-order valence-corrected chi connectivity index (χ4v) is 1.40. The van der Waals surface area contributed by atoms with Gasteiger partial charge in [-0.3, -0.25) is 4.79 Å². The molecule has 0 spiro atoms. The summed E-state index contributed by atoms with van der Waals surface area (Å²) >= 11 is 0. The van der Waals surface area contributed by atoms with Crippen molar-refractivity contribution in [3.8, 4) is 0 Å². The Hall–Kier alpha value is -1.49. The van der Waals surface area contributed by atoms with Crippen molar-refractivity contribution in [2.75, 3.05) is 6.54 Å². The lowest BCUT2D eigenvalue weighted by atomic mass is 10.1. The second kappa shape index (κ2) is 5.91. The highest BCUT2D eigenvalue weighted by Crippen LogP contribution is 2.13. The Balaban J connectivity index is 2.46. The maximum atomic E-state index is 13.3. The molecule has 0 aromatic heterocycles. The number of carbonyl (C=O) groups is 1. The van der Waals surface area contributed by atoms with E-state index < -0.39 is 17.2 Å². The van der Waals surface area contributed by atoms with E-state index in [9.17, 15) is 13.6 Å². The van der Waals surface area contributed by atoms with Crippen LogP contribution in [0.4, 0.5) is 8.78 Å². The Labute approximate surface area is 105 Å². The van der Waals surface area contributed by atoms with Gasteiger partial charge in [0.1, 0.15) is 0 Å². The molecule has 0 aliphatic carbocycles. The minimum absolute atomic E-state index is 0.108. The number of nitrogens with one attached hydrogen (secondary N) is 1. The first-order valence-corrected chi connectivity index (χ1v) is 5.78. The number of benzene rings is 1. The van der Waals surface area contributed by atoms with E-state index in [1.807, 2.05) is 0 Å². The third-order valence-corrected chi connectivity index (χ3v) is 2.39. The van der Waals surface area contributed by atoms with Crippen molar-refractivity contribution in [1.29, 1.82) is 0 Å². The van der Waals surface area contributed by atoms with Crippen LogP contribution in [0.15, 0.2) is 18.2 Å². The Kier molecular flexibility index (Phi) is 4.78. The molecule has 0 bridgehead atoms. The van der Waals surface area contributed by atoms with Crippen molar-refractivity contribution in [2.45, 2.75) is 32.2 Å². The number of halogens is 2. The zero-order chi connectivity index (χ0) is 13.8. The molecule has 0 radical (unpaired) electrons. The minimum Gasteiger partial charge on any atom is -0.354 e. The summed E-state index contributed by atoms with van der Waals surface area (Å²) in [6, 6.07) is 3.95. The summed E-state index contributed by atoms with van der Waals surface area (Å²) in [6.07, 6.45) is 0.275. The maximum Gasteiger partial charge on any atom is 0.220 e. The average molecular weight is 256 g/mol. The number of carbonyl (C=O) groups excluding carboxylic acids is 1. The van der Waals surface area contributed by atoms with E-state index in [2.05, 4.69) is 5.32 Å². The number of nitrogens with two attached hydrogens (primary N) is 1. The van der Waals surface area contributed by atoms with Crippen molar-refractivity contribution >= 4 is 5.91 Å². The first-order valence-electron chi connectivity index (χ1n) is 5.78. The third-order valence-electron chi connectivity index (χ3n) is 2.39. The van der Waals surface area contributed by atoms with Crippen LogP contribution in [0.1, 0.15) is 25.8 Å². The lowest BCUT2D eigenvalue weighted by Gasteiger charge is -2.18. The molecule has 1 amide bonds. The van der Waals surface area contributed by atoms with E-state index in [1.165, 1.54) is 12.1 Å².